The largest absolute Gasteiger partial charge is 0.355 e. The number of fused-ring (bicyclic) bond motifs is 4. The molecule has 0 radical (unpaired) electrons. The standard InChI is InChI=1S/C44H36N4Si/c1-32-26-27-45-44(28-32)48-40-21-10-9-20-38(40)39-25-24-37(30-43(39)48)49(34-15-5-3-6-16-34,35-17-7-4-8-18-35)36-19-13-14-33(29-36)47-31-46(2)41-22-11-12-23-42(41)47/h3-30H,31H2,1-2H3. The van der Waals surface area contributed by atoms with Crippen LogP contribution in [0.2, 0.25) is 0 Å². The Bertz CT molecular complexity index is 2430. The van der Waals surface area contributed by atoms with E-state index in [1.54, 1.807) is 0 Å². The van der Waals surface area contributed by atoms with Crippen molar-refractivity contribution < 1.29 is 0 Å². The van der Waals surface area contributed by atoms with Crippen LogP contribution in [-0.2, 0) is 0 Å². The van der Waals surface area contributed by atoms with Gasteiger partial charge in [0.25, 0.3) is 0 Å². The fraction of sp³-hybridized carbons (Fsp3) is 0.0682. The molecule has 8 aromatic rings. The summed E-state index contributed by atoms with van der Waals surface area (Å²) < 4.78 is 2.35. The summed E-state index contributed by atoms with van der Waals surface area (Å²) in [7, 11) is -0.692. The predicted octanol–water partition coefficient (Wildman–Crippen LogP) is 7.41. The molecule has 0 saturated heterocycles. The first kappa shape index (κ1) is 29.2. The van der Waals surface area contributed by atoms with E-state index >= 15 is 0 Å². The quantitative estimate of drug-likeness (QED) is 0.139. The van der Waals surface area contributed by atoms with E-state index in [-0.39, 0.29) is 0 Å². The number of nitrogens with zero attached hydrogens (tertiary/aromatic N) is 4. The third kappa shape index (κ3) is 4.61. The van der Waals surface area contributed by atoms with E-state index < -0.39 is 8.07 Å². The van der Waals surface area contributed by atoms with Crippen molar-refractivity contribution in [2.24, 2.45) is 0 Å². The van der Waals surface area contributed by atoms with Crippen molar-refractivity contribution in [3.8, 4) is 5.82 Å². The second kappa shape index (κ2) is 11.7. The molecule has 3 heterocycles. The van der Waals surface area contributed by atoms with Crippen molar-refractivity contribution in [1.82, 2.24) is 9.55 Å². The predicted molar refractivity (Wildman–Crippen MR) is 209 cm³/mol. The molecule has 0 bridgehead atoms. The molecule has 2 aromatic heterocycles. The molecule has 6 aromatic carbocycles. The number of hydrogen-bond donors (Lipinski definition) is 0. The average molecular weight is 649 g/mol. The molecule has 0 aliphatic carbocycles. The van der Waals surface area contributed by atoms with E-state index in [1.807, 2.05) is 6.20 Å². The maximum Gasteiger partial charge on any atom is 0.179 e. The topological polar surface area (TPSA) is 24.3 Å². The van der Waals surface area contributed by atoms with E-state index in [0.29, 0.717) is 0 Å². The summed E-state index contributed by atoms with van der Waals surface area (Å²) >= 11 is 0. The van der Waals surface area contributed by atoms with Crippen LogP contribution in [-0.4, -0.2) is 31.3 Å². The van der Waals surface area contributed by atoms with Gasteiger partial charge in [-0.05, 0) is 81.8 Å². The minimum atomic E-state index is -2.87. The van der Waals surface area contributed by atoms with Gasteiger partial charge in [-0.2, -0.15) is 0 Å². The Morgan fingerprint density at radius 3 is 1.92 bits per heavy atom. The first-order valence-corrected chi connectivity index (χ1v) is 18.9. The minimum Gasteiger partial charge on any atom is -0.355 e. The molecule has 236 valence electrons. The first-order valence-electron chi connectivity index (χ1n) is 16.9. The lowest BCUT2D eigenvalue weighted by Crippen LogP contribution is -2.74. The highest BCUT2D eigenvalue weighted by atomic mass is 28.3. The van der Waals surface area contributed by atoms with Gasteiger partial charge in [-0.3, -0.25) is 4.57 Å². The van der Waals surface area contributed by atoms with E-state index in [4.69, 9.17) is 4.98 Å². The molecule has 0 saturated carbocycles. The van der Waals surface area contributed by atoms with Gasteiger partial charge in [0.05, 0.1) is 29.1 Å². The Morgan fingerprint density at radius 2 is 1.16 bits per heavy atom. The number of pyridine rings is 1. The summed E-state index contributed by atoms with van der Waals surface area (Å²) in [5.74, 6) is 0.939. The molecule has 0 unspecified atom stereocenters. The fourth-order valence-electron chi connectivity index (χ4n) is 7.98. The SMILES string of the molecule is Cc1ccnc(-n2c3ccccc3c3ccc([Si](c4ccccc4)(c4ccccc4)c4cccc(N5CN(C)c6ccccc65)c4)cc32)c1. The van der Waals surface area contributed by atoms with Crippen molar-refractivity contribution in [3.05, 3.63) is 176 Å². The molecule has 0 N–H and O–H groups in total. The van der Waals surface area contributed by atoms with Gasteiger partial charge in [-0.15, -0.1) is 0 Å². The monoisotopic (exact) mass is 648 g/mol. The second-order valence-electron chi connectivity index (χ2n) is 13.1. The Labute approximate surface area is 288 Å². The van der Waals surface area contributed by atoms with Crippen LogP contribution in [0.1, 0.15) is 5.56 Å². The highest BCUT2D eigenvalue weighted by Gasteiger charge is 2.42. The van der Waals surface area contributed by atoms with Crippen LogP contribution in [0.15, 0.2) is 170 Å². The summed E-state index contributed by atoms with van der Waals surface area (Å²) in [4.78, 5) is 9.66. The Morgan fingerprint density at radius 1 is 0.531 bits per heavy atom. The molecule has 0 atom stereocenters. The van der Waals surface area contributed by atoms with E-state index in [9.17, 15) is 0 Å². The fourth-order valence-corrected chi connectivity index (χ4v) is 12.8. The summed E-state index contributed by atoms with van der Waals surface area (Å²) in [5, 5.41) is 7.87. The molecule has 0 fully saturated rings. The van der Waals surface area contributed by atoms with Crippen molar-refractivity contribution in [2.45, 2.75) is 6.92 Å². The van der Waals surface area contributed by atoms with E-state index in [1.165, 1.54) is 65.2 Å². The number of para-hydroxylation sites is 3. The van der Waals surface area contributed by atoms with Gasteiger partial charge in [-0.25, -0.2) is 4.98 Å². The summed E-state index contributed by atoms with van der Waals surface area (Å²) in [6.07, 6.45) is 1.92. The highest BCUT2D eigenvalue weighted by Crippen LogP contribution is 2.39. The summed E-state index contributed by atoms with van der Waals surface area (Å²) in [6, 6.07) is 60.6. The lowest BCUT2D eigenvalue weighted by molar-refractivity contribution is 0.950. The van der Waals surface area contributed by atoms with Crippen molar-refractivity contribution in [1.29, 1.82) is 0 Å². The molecule has 0 amide bonds. The summed E-state index contributed by atoms with van der Waals surface area (Å²) in [6.45, 7) is 2.94. The third-order valence-corrected chi connectivity index (χ3v) is 14.9. The zero-order valence-corrected chi connectivity index (χ0v) is 28.7. The number of benzene rings is 6. The number of rotatable bonds is 6. The van der Waals surface area contributed by atoms with Crippen LogP contribution in [0.5, 0.6) is 0 Å². The molecule has 0 spiro atoms. The van der Waals surface area contributed by atoms with Gasteiger partial charge >= 0.3 is 0 Å². The van der Waals surface area contributed by atoms with Gasteiger partial charge in [0.2, 0.25) is 0 Å². The Balaban J connectivity index is 1.36. The van der Waals surface area contributed by atoms with Crippen LogP contribution in [0.3, 0.4) is 0 Å². The van der Waals surface area contributed by atoms with Crippen LogP contribution in [0.25, 0.3) is 27.6 Å². The van der Waals surface area contributed by atoms with Crippen LogP contribution >= 0.6 is 0 Å². The molecule has 49 heavy (non-hydrogen) atoms. The van der Waals surface area contributed by atoms with Crippen LogP contribution in [0, 0.1) is 6.92 Å². The van der Waals surface area contributed by atoms with Gasteiger partial charge in [0.15, 0.2) is 8.07 Å². The Hall–Kier alpha value is -5.91. The summed E-state index contributed by atoms with van der Waals surface area (Å²) in [5.41, 5.74) is 7.23. The number of anilines is 3. The Kier molecular flexibility index (Phi) is 6.95. The second-order valence-corrected chi connectivity index (χ2v) is 16.9. The van der Waals surface area contributed by atoms with Gasteiger partial charge < -0.3 is 9.80 Å². The smallest absolute Gasteiger partial charge is 0.179 e. The van der Waals surface area contributed by atoms with Crippen molar-refractivity contribution >= 4 is 67.7 Å². The molecule has 1 aliphatic rings. The zero-order valence-electron chi connectivity index (χ0n) is 27.7. The lowest BCUT2D eigenvalue weighted by Gasteiger charge is -2.35. The minimum absolute atomic E-state index is 0.809. The van der Waals surface area contributed by atoms with E-state index in [0.717, 1.165) is 12.5 Å². The van der Waals surface area contributed by atoms with Crippen LogP contribution < -0.4 is 30.5 Å². The first-order chi connectivity index (χ1) is 24.1. The van der Waals surface area contributed by atoms with Gasteiger partial charge in [0.1, 0.15) is 5.82 Å². The molecule has 9 rings (SSSR count). The lowest BCUT2D eigenvalue weighted by atomic mass is 10.1. The molecular weight excluding hydrogens is 613 g/mol. The maximum atomic E-state index is 4.89. The van der Waals surface area contributed by atoms with Crippen LogP contribution in [0.4, 0.5) is 17.1 Å². The average Bonchev–Trinajstić information content (AvgIpc) is 3.67. The molecule has 1 aliphatic heterocycles. The molecule has 4 nitrogen and oxygen atoms in total. The third-order valence-electron chi connectivity index (χ3n) is 10.2. The maximum absolute atomic E-state index is 4.89. The number of aromatic nitrogens is 2. The molecule has 5 heteroatoms. The van der Waals surface area contributed by atoms with Gasteiger partial charge in [0, 0.05) is 29.7 Å². The van der Waals surface area contributed by atoms with Crippen molar-refractivity contribution in [3.63, 3.8) is 0 Å². The normalized spacial score (nSPS) is 12.9. The van der Waals surface area contributed by atoms with Gasteiger partial charge in [-0.1, -0.05) is 115 Å². The molecular formula is C44H36N4Si. The van der Waals surface area contributed by atoms with E-state index in [2.05, 4.69) is 192 Å². The van der Waals surface area contributed by atoms with Crippen molar-refractivity contribution in [2.75, 3.05) is 23.5 Å². The zero-order chi connectivity index (χ0) is 33.0. The number of aryl methyl sites for hydroxylation is 1. The highest BCUT2D eigenvalue weighted by molar-refractivity contribution is 7.20. The number of hydrogen-bond acceptors (Lipinski definition) is 3.